The lowest BCUT2D eigenvalue weighted by Gasteiger charge is -2.12. The van der Waals surface area contributed by atoms with Crippen molar-refractivity contribution in [1.82, 2.24) is 9.97 Å². The number of aliphatic hydroxyl groups is 1. The van der Waals surface area contributed by atoms with Gasteiger partial charge in [-0.05, 0) is 23.8 Å². The van der Waals surface area contributed by atoms with Gasteiger partial charge in [0.15, 0.2) is 0 Å². The first kappa shape index (κ1) is 12.6. The number of benzene rings is 1. The van der Waals surface area contributed by atoms with Crippen LogP contribution in [0.15, 0.2) is 54.9 Å². The lowest BCUT2D eigenvalue weighted by molar-refractivity contribution is 0.174. The first-order chi connectivity index (χ1) is 9.74. The molecular formula is C16H15N3O. The second-order valence-electron chi connectivity index (χ2n) is 4.72. The summed E-state index contributed by atoms with van der Waals surface area (Å²) < 4.78 is 0. The van der Waals surface area contributed by atoms with E-state index in [-0.39, 0.29) is 0 Å². The standard InChI is InChI=1S/C16H15N3O/c17-13-7-8-18-10-12(13)9-16(20)15-6-5-11-3-1-2-4-14(11)19-15/h1-8,10,16,20H,9H2,(H2,17,18). The molecule has 2 heterocycles. The molecule has 0 aliphatic heterocycles. The molecule has 4 nitrogen and oxygen atoms in total. The summed E-state index contributed by atoms with van der Waals surface area (Å²) in [5.74, 6) is 0. The van der Waals surface area contributed by atoms with E-state index in [2.05, 4.69) is 9.97 Å². The number of nitrogen functional groups attached to an aromatic ring is 1. The van der Waals surface area contributed by atoms with Gasteiger partial charge >= 0.3 is 0 Å². The molecular weight excluding hydrogens is 250 g/mol. The van der Waals surface area contributed by atoms with Crippen molar-refractivity contribution in [1.29, 1.82) is 0 Å². The number of anilines is 1. The Labute approximate surface area is 116 Å². The van der Waals surface area contributed by atoms with Gasteiger partial charge in [0.2, 0.25) is 0 Å². The average Bonchev–Trinajstić information content (AvgIpc) is 2.49. The Balaban J connectivity index is 1.89. The number of para-hydroxylation sites is 1. The van der Waals surface area contributed by atoms with E-state index >= 15 is 0 Å². The van der Waals surface area contributed by atoms with Crippen LogP contribution in [0.1, 0.15) is 17.4 Å². The minimum absolute atomic E-state index is 0.408. The molecule has 4 heteroatoms. The van der Waals surface area contributed by atoms with Gasteiger partial charge in [-0.25, -0.2) is 0 Å². The van der Waals surface area contributed by atoms with Crippen LogP contribution in [0.3, 0.4) is 0 Å². The van der Waals surface area contributed by atoms with Gasteiger partial charge in [0.05, 0.1) is 11.2 Å². The molecule has 0 amide bonds. The van der Waals surface area contributed by atoms with Gasteiger partial charge in [0, 0.05) is 29.9 Å². The number of hydrogen-bond donors (Lipinski definition) is 2. The molecule has 3 aromatic rings. The van der Waals surface area contributed by atoms with Gasteiger partial charge in [-0.3, -0.25) is 9.97 Å². The van der Waals surface area contributed by atoms with Crippen LogP contribution in [0, 0.1) is 0 Å². The smallest absolute Gasteiger partial charge is 0.100 e. The molecule has 2 aromatic heterocycles. The lowest BCUT2D eigenvalue weighted by atomic mass is 10.0. The minimum atomic E-state index is -0.689. The third kappa shape index (κ3) is 2.46. The van der Waals surface area contributed by atoms with Gasteiger partial charge in [-0.1, -0.05) is 24.3 Å². The number of rotatable bonds is 3. The zero-order valence-corrected chi connectivity index (χ0v) is 10.9. The topological polar surface area (TPSA) is 72.0 Å². The van der Waals surface area contributed by atoms with E-state index < -0.39 is 6.10 Å². The van der Waals surface area contributed by atoms with Crippen LogP contribution in [0.2, 0.25) is 0 Å². The van der Waals surface area contributed by atoms with Crippen molar-refractivity contribution < 1.29 is 5.11 Å². The molecule has 0 fully saturated rings. The summed E-state index contributed by atoms with van der Waals surface area (Å²) in [6.07, 6.45) is 3.04. The number of nitrogens with zero attached hydrogens (tertiary/aromatic N) is 2. The second-order valence-corrected chi connectivity index (χ2v) is 4.72. The first-order valence-corrected chi connectivity index (χ1v) is 6.46. The highest BCUT2D eigenvalue weighted by atomic mass is 16.3. The molecule has 0 aliphatic carbocycles. The minimum Gasteiger partial charge on any atom is -0.398 e. The fourth-order valence-corrected chi connectivity index (χ4v) is 2.19. The van der Waals surface area contributed by atoms with Crippen LogP contribution in [0.4, 0.5) is 5.69 Å². The number of aromatic nitrogens is 2. The van der Waals surface area contributed by atoms with Gasteiger partial charge in [0.1, 0.15) is 6.10 Å². The maximum absolute atomic E-state index is 10.3. The number of fused-ring (bicyclic) bond motifs is 1. The van der Waals surface area contributed by atoms with E-state index in [4.69, 9.17) is 5.73 Å². The van der Waals surface area contributed by atoms with Crippen LogP contribution in [-0.4, -0.2) is 15.1 Å². The summed E-state index contributed by atoms with van der Waals surface area (Å²) in [6.45, 7) is 0. The van der Waals surface area contributed by atoms with E-state index in [0.29, 0.717) is 17.8 Å². The highest BCUT2D eigenvalue weighted by Crippen LogP contribution is 2.22. The third-order valence-corrected chi connectivity index (χ3v) is 3.32. The fourth-order valence-electron chi connectivity index (χ4n) is 2.19. The molecule has 0 radical (unpaired) electrons. The molecule has 1 aromatic carbocycles. The van der Waals surface area contributed by atoms with Crippen LogP contribution in [-0.2, 0) is 6.42 Å². The van der Waals surface area contributed by atoms with Crippen molar-refractivity contribution in [2.45, 2.75) is 12.5 Å². The highest BCUT2D eigenvalue weighted by molar-refractivity contribution is 5.78. The second kappa shape index (κ2) is 5.27. The predicted molar refractivity (Wildman–Crippen MR) is 79.1 cm³/mol. The fraction of sp³-hybridized carbons (Fsp3) is 0.125. The highest BCUT2D eigenvalue weighted by Gasteiger charge is 2.12. The van der Waals surface area contributed by atoms with E-state index in [1.165, 1.54) is 0 Å². The Morgan fingerprint density at radius 3 is 2.80 bits per heavy atom. The van der Waals surface area contributed by atoms with Crippen LogP contribution in [0.5, 0.6) is 0 Å². The largest absolute Gasteiger partial charge is 0.398 e. The molecule has 0 aliphatic rings. The quantitative estimate of drug-likeness (QED) is 0.763. The summed E-state index contributed by atoms with van der Waals surface area (Å²) >= 11 is 0. The number of hydrogen-bond acceptors (Lipinski definition) is 4. The molecule has 3 rings (SSSR count). The molecule has 0 saturated heterocycles. The zero-order chi connectivity index (χ0) is 13.9. The van der Waals surface area contributed by atoms with Crippen molar-refractivity contribution in [3.05, 3.63) is 66.1 Å². The maximum Gasteiger partial charge on any atom is 0.100 e. The van der Waals surface area contributed by atoms with Crippen molar-refractivity contribution in [2.24, 2.45) is 0 Å². The van der Waals surface area contributed by atoms with Gasteiger partial charge in [-0.2, -0.15) is 0 Å². The molecule has 3 N–H and O–H groups in total. The Kier molecular flexibility index (Phi) is 3.31. The molecule has 0 saturated carbocycles. The maximum atomic E-state index is 10.3. The van der Waals surface area contributed by atoms with Crippen molar-refractivity contribution in [3.63, 3.8) is 0 Å². The van der Waals surface area contributed by atoms with Crippen LogP contribution >= 0.6 is 0 Å². The van der Waals surface area contributed by atoms with Crippen LogP contribution < -0.4 is 5.73 Å². The van der Waals surface area contributed by atoms with E-state index in [1.54, 1.807) is 18.5 Å². The Morgan fingerprint density at radius 1 is 1.10 bits per heavy atom. The first-order valence-electron chi connectivity index (χ1n) is 6.46. The Morgan fingerprint density at radius 2 is 1.95 bits per heavy atom. The summed E-state index contributed by atoms with van der Waals surface area (Å²) in [4.78, 5) is 8.52. The van der Waals surface area contributed by atoms with Crippen molar-refractivity contribution in [3.8, 4) is 0 Å². The normalized spacial score (nSPS) is 12.4. The molecule has 20 heavy (non-hydrogen) atoms. The van der Waals surface area contributed by atoms with E-state index in [9.17, 15) is 5.11 Å². The Hall–Kier alpha value is -2.46. The molecule has 1 atom stereocenters. The third-order valence-electron chi connectivity index (χ3n) is 3.32. The van der Waals surface area contributed by atoms with Gasteiger partial charge in [-0.15, -0.1) is 0 Å². The number of nitrogens with two attached hydrogens (primary N) is 1. The molecule has 0 bridgehead atoms. The lowest BCUT2D eigenvalue weighted by Crippen LogP contribution is -2.06. The predicted octanol–water partition coefficient (Wildman–Crippen LogP) is 2.49. The monoisotopic (exact) mass is 265 g/mol. The Bertz CT molecular complexity index is 742. The number of aliphatic hydroxyl groups excluding tert-OH is 1. The van der Waals surface area contributed by atoms with Gasteiger partial charge < -0.3 is 10.8 Å². The molecule has 1 unspecified atom stereocenters. The van der Waals surface area contributed by atoms with Crippen LogP contribution in [0.25, 0.3) is 10.9 Å². The molecule has 0 spiro atoms. The summed E-state index contributed by atoms with van der Waals surface area (Å²) in [5.41, 5.74) is 8.86. The summed E-state index contributed by atoms with van der Waals surface area (Å²) in [7, 11) is 0. The van der Waals surface area contributed by atoms with Gasteiger partial charge in [0.25, 0.3) is 0 Å². The van der Waals surface area contributed by atoms with Crippen molar-refractivity contribution in [2.75, 3.05) is 5.73 Å². The molecule has 100 valence electrons. The average molecular weight is 265 g/mol. The SMILES string of the molecule is Nc1ccncc1CC(O)c1ccc2ccccc2n1. The van der Waals surface area contributed by atoms with Crippen molar-refractivity contribution >= 4 is 16.6 Å². The summed E-state index contributed by atoms with van der Waals surface area (Å²) in [6, 6.07) is 13.4. The number of pyridine rings is 2. The summed E-state index contributed by atoms with van der Waals surface area (Å²) in [5, 5.41) is 11.4. The van der Waals surface area contributed by atoms with E-state index in [1.807, 2.05) is 36.4 Å². The zero-order valence-electron chi connectivity index (χ0n) is 10.9. The van der Waals surface area contributed by atoms with E-state index in [0.717, 1.165) is 16.5 Å².